The molecule has 3 rings (SSSR count). The van der Waals surface area contributed by atoms with Gasteiger partial charge in [0.1, 0.15) is 12.2 Å². The molecule has 0 spiro atoms. The Morgan fingerprint density at radius 2 is 1.76 bits per heavy atom. The second kappa shape index (κ2) is 8.41. The minimum Gasteiger partial charge on any atom is -0.462 e. The first-order valence-electron chi connectivity index (χ1n) is 11.3. The third kappa shape index (κ3) is 4.12. The number of hydrogen-bond donors (Lipinski definition) is 1. The van der Waals surface area contributed by atoms with Crippen LogP contribution < -0.4 is 0 Å². The first-order valence-corrected chi connectivity index (χ1v) is 11.3. The van der Waals surface area contributed by atoms with Crippen LogP contribution in [0.15, 0.2) is 12.2 Å². The Morgan fingerprint density at radius 1 is 1.07 bits per heavy atom. The van der Waals surface area contributed by atoms with Crippen LogP contribution in [0.4, 0.5) is 0 Å². The summed E-state index contributed by atoms with van der Waals surface area (Å²) in [5, 5.41) is 9.88. The van der Waals surface area contributed by atoms with Crippen LogP contribution >= 0.6 is 0 Å². The highest BCUT2D eigenvalue weighted by Gasteiger charge is 2.57. The van der Waals surface area contributed by atoms with E-state index in [1.54, 1.807) is 0 Å². The molecule has 0 heterocycles. The zero-order valence-electron chi connectivity index (χ0n) is 18.5. The van der Waals surface area contributed by atoms with E-state index in [0.717, 1.165) is 44.9 Å². The highest BCUT2D eigenvalue weighted by atomic mass is 16.6. The molecule has 0 amide bonds. The molecular weight excluding hydrogens is 368 g/mol. The molecule has 0 aromatic carbocycles. The van der Waals surface area contributed by atoms with E-state index in [2.05, 4.69) is 20.4 Å². The fourth-order valence-electron chi connectivity index (χ4n) is 6.97. The van der Waals surface area contributed by atoms with E-state index in [4.69, 9.17) is 9.47 Å². The van der Waals surface area contributed by atoms with E-state index in [9.17, 15) is 14.7 Å². The van der Waals surface area contributed by atoms with Gasteiger partial charge in [0.15, 0.2) is 0 Å². The molecule has 0 saturated heterocycles. The van der Waals surface area contributed by atoms with Gasteiger partial charge in [0.05, 0.1) is 0 Å². The van der Waals surface area contributed by atoms with Crippen molar-refractivity contribution < 1.29 is 24.2 Å². The van der Waals surface area contributed by atoms with Gasteiger partial charge in [0, 0.05) is 32.3 Å². The molecule has 1 N–H and O–H groups in total. The molecule has 5 nitrogen and oxygen atoms in total. The third-order valence-corrected chi connectivity index (χ3v) is 8.56. The Kier molecular flexibility index (Phi) is 6.47. The molecule has 0 bridgehead atoms. The molecule has 164 valence electrons. The summed E-state index contributed by atoms with van der Waals surface area (Å²) in [6.45, 7) is 12.1. The van der Waals surface area contributed by atoms with Gasteiger partial charge in [-0.25, -0.2) is 0 Å². The molecular formula is C24H38O5. The number of carbonyl (C=O) groups is 2. The van der Waals surface area contributed by atoms with Crippen LogP contribution in [0.1, 0.15) is 79.1 Å². The lowest BCUT2D eigenvalue weighted by molar-refractivity contribution is -0.179. The standard InChI is InChI=1S/C24H38O5/c1-15-6-7-20-19(10-13-25)21(9-12-23(15,20)4)24(5)11-8-18(28-16(2)26)14-22(24)29-17(3)27/h18-22,25H,1,6-14H2,2-5H3. The van der Waals surface area contributed by atoms with Gasteiger partial charge in [0.25, 0.3) is 0 Å². The topological polar surface area (TPSA) is 72.8 Å². The van der Waals surface area contributed by atoms with Gasteiger partial charge < -0.3 is 14.6 Å². The molecule has 3 aliphatic rings. The molecule has 3 fully saturated rings. The van der Waals surface area contributed by atoms with Crippen molar-refractivity contribution in [1.82, 2.24) is 0 Å². The molecule has 0 aliphatic heterocycles. The molecule has 3 aliphatic carbocycles. The second-order valence-electron chi connectivity index (χ2n) is 10.1. The molecule has 3 saturated carbocycles. The minimum atomic E-state index is -0.281. The summed E-state index contributed by atoms with van der Waals surface area (Å²) in [5.74, 6) is 0.740. The number of aliphatic hydroxyl groups excluding tert-OH is 1. The fourth-order valence-corrected chi connectivity index (χ4v) is 6.97. The summed E-state index contributed by atoms with van der Waals surface area (Å²) in [7, 11) is 0. The van der Waals surface area contributed by atoms with Crippen molar-refractivity contribution in [1.29, 1.82) is 0 Å². The Labute approximate surface area is 175 Å². The van der Waals surface area contributed by atoms with E-state index < -0.39 is 0 Å². The smallest absolute Gasteiger partial charge is 0.302 e. The number of hydrogen-bond acceptors (Lipinski definition) is 5. The van der Waals surface area contributed by atoms with Crippen LogP contribution in [0.25, 0.3) is 0 Å². The molecule has 7 unspecified atom stereocenters. The maximum atomic E-state index is 11.9. The van der Waals surface area contributed by atoms with Crippen molar-refractivity contribution in [3.63, 3.8) is 0 Å². The quantitative estimate of drug-likeness (QED) is 0.540. The Morgan fingerprint density at radius 3 is 2.38 bits per heavy atom. The van der Waals surface area contributed by atoms with Gasteiger partial charge in [-0.2, -0.15) is 0 Å². The SMILES string of the molecule is C=C1CCC2C(CCO)C(C3(C)CCC(OC(C)=O)CC3OC(C)=O)CCC12C. The number of esters is 2. The Balaban J connectivity index is 1.89. The van der Waals surface area contributed by atoms with Crippen molar-refractivity contribution >= 4 is 11.9 Å². The van der Waals surface area contributed by atoms with Gasteiger partial charge >= 0.3 is 11.9 Å². The second-order valence-corrected chi connectivity index (χ2v) is 10.1. The molecule has 29 heavy (non-hydrogen) atoms. The summed E-state index contributed by atoms with van der Waals surface area (Å²) in [6, 6.07) is 0. The summed E-state index contributed by atoms with van der Waals surface area (Å²) in [4.78, 5) is 23.4. The minimum absolute atomic E-state index is 0.165. The molecule has 0 aromatic rings. The summed E-state index contributed by atoms with van der Waals surface area (Å²) >= 11 is 0. The average Bonchev–Trinajstić information content (AvgIpc) is 2.93. The predicted octanol–water partition coefficient (Wildman–Crippen LogP) is 4.42. The van der Waals surface area contributed by atoms with Gasteiger partial charge in [-0.3, -0.25) is 9.59 Å². The summed E-state index contributed by atoms with van der Waals surface area (Å²) < 4.78 is 11.3. The summed E-state index contributed by atoms with van der Waals surface area (Å²) in [5.41, 5.74) is 1.36. The number of aliphatic hydroxyl groups is 1. The van der Waals surface area contributed by atoms with Crippen molar-refractivity contribution in [2.75, 3.05) is 6.61 Å². The van der Waals surface area contributed by atoms with Crippen LogP contribution in [0, 0.1) is 28.6 Å². The average molecular weight is 407 g/mol. The molecule has 7 atom stereocenters. The number of ether oxygens (including phenoxy) is 2. The normalized spacial score (nSPS) is 42.2. The van der Waals surface area contributed by atoms with E-state index in [1.807, 2.05) is 0 Å². The number of rotatable bonds is 5. The number of carbonyl (C=O) groups excluding carboxylic acids is 2. The Hall–Kier alpha value is -1.36. The number of allylic oxidation sites excluding steroid dienone is 1. The largest absolute Gasteiger partial charge is 0.462 e. The van der Waals surface area contributed by atoms with E-state index >= 15 is 0 Å². The van der Waals surface area contributed by atoms with Crippen LogP contribution in [-0.4, -0.2) is 35.9 Å². The number of fused-ring (bicyclic) bond motifs is 1. The van der Waals surface area contributed by atoms with Crippen LogP contribution in [0.5, 0.6) is 0 Å². The zero-order chi connectivity index (χ0) is 21.4. The van der Waals surface area contributed by atoms with Crippen molar-refractivity contribution in [3.05, 3.63) is 12.2 Å². The molecule has 0 radical (unpaired) electrons. The van der Waals surface area contributed by atoms with Gasteiger partial charge in [0.2, 0.25) is 0 Å². The van der Waals surface area contributed by atoms with Crippen molar-refractivity contribution in [3.8, 4) is 0 Å². The Bertz CT molecular complexity index is 658. The lowest BCUT2D eigenvalue weighted by Crippen LogP contribution is -2.54. The van der Waals surface area contributed by atoms with Crippen LogP contribution in [0.3, 0.4) is 0 Å². The van der Waals surface area contributed by atoms with E-state index in [1.165, 1.54) is 19.4 Å². The highest BCUT2D eigenvalue weighted by Crippen LogP contribution is 2.63. The fraction of sp³-hybridized carbons (Fsp3) is 0.833. The maximum absolute atomic E-state index is 11.9. The lowest BCUT2D eigenvalue weighted by atomic mass is 9.50. The van der Waals surface area contributed by atoms with Crippen molar-refractivity contribution in [2.24, 2.45) is 28.6 Å². The van der Waals surface area contributed by atoms with Crippen LogP contribution in [-0.2, 0) is 19.1 Å². The third-order valence-electron chi connectivity index (χ3n) is 8.56. The van der Waals surface area contributed by atoms with E-state index in [0.29, 0.717) is 24.2 Å². The highest BCUT2D eigenvalue weighted by molar-refractivity contribution is 5.66. The lowest BCUT2D eigenvalue weighted by Gasteiger charge is -2.56. The zero-order valence-corrected chi connectivity index (χ0v) is 18.5. The van der Waals surface area contributed by atoms with Crippen molar-refractivity contribution in [2.45, 2.75) is 91.3 Å². The van der Waals surface area contributed by atoms with Gasteiger partial charge in [-0.1, -0.05) is 26.0 Å². The molecule has 0 aromatic heterocycles. The first kappa shape index (κ1) is 22.3. The maximum Gasteiger partial charge on any atom is 0.302 e. The first-order chi connectivity index (χ1) is 13.6. The predicted molar refractivity (Wildman–Crippen MR) is 111 cm³/mol. The van der Waals surface area contributed by atoms with E-state index in [-0.39, 0.29) is 41.6 Å². The van der Waals surface area contributed by atoms with Gasteiger partial charge in [-0.15, -0.1) is 0 Å². The molecule has 5 heteroatoms. The van der Waals surface area contributed by atoms with Crippen LogP contribution in [0.2, 0.25) is 0 Å². The summed E-state index contributed by atoms with van der Waals surface area (Å²) in [6.07, 6.45) is 6.93. The van der Waals surface area contributed by atoms with Gasteiger partial charge in [-0.05, 0) is 68.1 Å². The monoisotopic (exact) mass is 406 g/mol.